The molecule has 1 aromatic carbocycles. The number of hydrogen-bond acceptors (Lipinski definition) is 4. The summed E-state index contributed by atoms with van der Waals surface area (Å²) >= 11 is 0. The van der Waals surface area contributed by atoms with Gasteiger partial charge < -0.3 is 9.84 Å². The van der Waals surface area contributed by atoms with Gasteiger partial charge in [0.15, 0.2) is 11.6 Å². The summed E-state index contributed by atoms with van der Waals surface area (Å²) in [5.41, 5.74) is 1.61. The molecule has 0 radical (unpaired) electrons. The molecule has 2 rings (SSSR count). The third-order valence-corrected chi connectivity index (χ3v) is 2.74. The highest BCUT2D eigenvalue weighted by atomic mass is 19.1. The molecule has 0 saturated heterocycles. The highest BCUT2D eigenvalue weighted by Crippen LogP contribution is 2.18. The van der Waals surface area contributed by atoms with Crippen molar-refractivity contribution < 1.29 is 14.2 Å². The molecule has 19 heavy (non-hydrogen) atoms. The first kappa shape index (κ1) is 13.5. The Hall–Kier alpha value is -1.95. The van der Waals surface area contributed by atoms with E-state index in [1.165, 1.54) is 13.2 Å². The Morgan fingerprint density at radius 3 is 2.95 bits per heavy atom. The molecular weight excluding hydrogens is 249 g/mol. The van der Waals surface area contributed by atoms with Crippen LogP contribution in [0.25, 0.3) is 0 Å². The van der Waals surface area contributed by atoms with Crippen LogP contribution in [0.2, 0.25) is 0 Å². The number of halogens is 1. The molecule has 0 bridgehead atoms. The molecule has 6 heteroatoms. The average Bonchev–Trinajstić information content (AvgIpc) is 2.84. The Morgan fingerprint density at radius 2 is 2.26 bits per heavy atom. The van der Waals surface area contributed by atoms with Crippen LogP contribution in [0.3, 0.4) is 0 Å². The minimum Gasteiger partial charge on any atom is -0.494 e. The first-order valence-corrected chi connectivity index (χ1v) is 6.05. The van der Waals surface area contributed by atoms with Gasteiger partial charge in [-0.15, -0.1) is 5.10 Å². The largest absolute Gasteiger partial charge is 0.494 e. The average molecular weight is 265 g/mol. The summed E-state index contributed by atoms with van der Waals surface area (Å²) in [6.07, 6.45) is 3.15. The molecule has 1 aromatic heterocycles. The van der Waals surface area contributed by atoms with Gasteiger partial charge >= 0.3 is 0 Å². The number of aryl methyl sites for hydroxylation is 1. The van der Waals surface area contributed by atoms with E-state index in [1.807, 2.05) is 0 Å². The van der Waals surface area contributed by atoms with Gasteiger partial charge in [-0.3, -0.25) is 0 Å². The van der Waals surface area contributed by atoms with Crippen molar-refractivity contribution in [3.05, 3.63) is 41.5 Å². The molecule has 0 saturated carbocycles. The minimum absolute atomic E-state index is 0.135. The van der Waals surface area contributed by atoms with E-state index in [0.29, 0.717) is 19.4 Å². The van der Waals surface area contributed by atoms with Crippen molar-refractivity contribution in [1.29, 1.82) is 0 Å². The van der Waals surface area contributed by atoms with Gasteiger partial charge in [0.1, 0.15) is 0 Å². The van der Waals surface area contributed by atoms with Crippen molar-refractivity contribution in [1.82, 2.24) is 15.0 Å². The predicted octanol–water partition coefficient (Wildman–Crippen LogP) is 1.40. The molecular formula is C13H16FN3O2. The highest BCUT2D eigenvalue weighted by molar-refractivity contribution is 5.29. The molecule has 0 atom stereocenters. The zero-order valence-electron chi connectivity index (χ0n) is 10.7. The van der Waals surface area contributed by atoms with Crippen molar-refractivity contribution in [2.24, 2.45) is 0 Å². The zero-order chi connectivity index (χ0) is 13.7. The highest BCUT2D eigenvalue weighted by Gasteiger charge is 2.05. The molecule has 0 unspecified atom stereocenters. The van der Waals surface area contributed by atoms with Gasteiger partial charge in [0.05, 0.1) is 19.3 Å². The van der Waals surface area contributed by atoms with Crippen LogP contribution in [0, 0.1) is 5.82 Å². The summed E-state index contributed by atoms with van der Waals surface area (Å²) in [6.45, 7) is 0.587. The van der Waals surface area contributed by atoms with Crippen molar-refractivity contribution >= 4 is 0 Å². The van der Waals surface area contributed by atoms with Gasteiger partial charge in [-0.2, -0.15) is 0 Å². The SMILES string of the molecule is COc1ccc(Cn2cc(CCCO)nn2)cc1F. The molecule has 1 N–H and O–H groups in total. The fraction of sp³-hybridized carbons (Fsp3) is 0.385. The monoisotopic (exact) mass is 265 g/mol. The third kappa shape index (κ3) is 3.51. The zero-order valence-corrected chi connectivity index (χ0v) is 10.7. The van der Waals surface area contributed by atoms with Crippen LogP contribution < -0.4 is 4.74 Å². The van der Waals surface area contributed by atoms with Crippen LogP contribution in [0.1, 0.15) is 17.7 Å². The number of aliphatic hydroxyl groups is 1. The minimum atomic E-state index is -0.388. The Balaban J connectivity index is 2.04. The van der Waals surface area contributed by atoms with Crippen LogP contribution in [0.5, 0.6) is 5.75 Å². The van der Waals surface area contributed by atoms with E-state index >= 15 is 0 Å². The second-order valence-electron chi connectivity index (χ2n) is 4.20. The van der Waals surface area contributed by atoms with Crippen LogP contribution in [-0.2, 0) is 13.0 Å². The van der Waals surface area contributed by atoms with Crippen molar-refractivity contribution in [2.45, 2.75) is 19.4 Å². The maximum atomic E-state index is 13.5. The number of hydrogen-bond donors (Lipinski definition) is 1. The van der Waals surface area contributed by atoms with Gasteiger partial charge in [0.2, 0.25) is 0 Å². The number of aliphatic hydroxyl groups excluding tert-OH is 1. The molecule has 1 heterocycles. The van der Waals surface area contributed by atoms with E-state index in [1.54, 1.807) is 23.0 Å². The first-order chi connectivity index (χ1) is 9.22. The van der Waals surface area contributed by atoms with E-state index in [-0.39, 0.29) is 18.2 Å². The lowest BCUT2D eigenvalue weighted by molar-refractivity contribution is 0.288. The van der Waals surface area contributed by atoms with E-state index < -0.39 is 0 Å². The second-order valence-corrected chi connectivity index (χ2v) is 4.20. The quantitative estimate of drug-likeness (QED) is 0.857. The Kier molecular flexibility index (Phi) is 4.46. The summed E-state index contributed by atoms with van der Waals surface area (Å²) in [6, 6.07) is 4.80. The van der Waals surface area contributed by atoms with E-state index in [9.17, 15) is 4.39 Å². The van der Waals surface area contributed by atoms with Gasteiger partial charge in [0.25, 0.3) is 0 Å². The molecule has 0 fully saturated rings. The summed E-state index contributed by atoms with van der Waals surface area (Å²) in [5, 5.41) is 16.7. The molecule has 5 nitrogen and oxygen atoms in total. The lowest BCUT2D eigenvalue weighted by Crippen LogP contribution is -2.01. The summed E-state index contributed by atoms with van der Waals surface area (Å²) in [7, 11) is 1.43. The van der Waals surface area contributed by atoms with Crippen LogP contribution in [-0.4, -0.2) is 33.8 Å². The molecule has 2 aromatic rings. The molecule has 0 aliphatic carbocycles. The number of rotatable bonds is 6. The van der Waals surface area contributed by atoms with Gasteiger partial charge in [-0.25, -0.2) is 9.07 Å². The fourth-order valence-corrected chi connectivity index (χ4v) is 1.79. The lowest BCUT2D eigenvalue weighted by atomic mass is 10.2. The summed E-state index contributed by atoms with van der Waals surface area (Å²) in [4.78, 5) is 0. The standard InChI is InChI=1S/C13H16FN3O2/c1-19-13-5-4-10(7-12(13)14)8-17-9-11(15-16-17)3-2-6-18/h4-5,7,9,18H,2-3,6,8H2,1H3. The van der Waals surface area contributed by atoms with Crippen molar-refractivity contribution in [2.75, 3.05) is 13.7 Å². The lowest BCUT2D eigenvalue weighted by Gasteiger charge is -2.04. The van der Waals surface area contributed by atoms with Crippen LogP contribution in [0.15, 0.2) is 24.4 Å². The summed E-state index contributed by atoms with van der Waals surface area (Å²) < 4.78 is 20.0. The van der Waals surface area contributed by atoms with Crippen molar-refractivity contribution in [3.63, 3.8) is 0 Å². The fourth-order valence-electron chi connectivity index (χ4n) is 1.79. The number of nitrogens with zero attached hydrogens (tertiary/aromatic N) is 3. The number of aromatic nitrogens is 3. The number of methoxy groups -OCH3 is 1. The summed E-state index contributed by atoms with van der Waals surface area (Å²) in [5.74, 6) is -0.161. The normalized spacial score (nSPS) is 10.7. The smallest absolute Gasteiger partial charge is 0.165 e. The van der Waals surface area contributed by atoms with E-state index in [2.05, 4.69) is 10.3 Å². The molecule has 0 spiro atoms. The Bertz CT molecular complexity index is 542. The Labute approximate surface area is 110 Å². The maximum Gasteiger partial charge on any atom is 0.165 e. The topological polar surface area (TPSA) is 60.2 Å². The maximum absolute atomic E-state index is 13.5. The molecule has 0 aliphatic heterocycles. The van der Waals surface area contributed by atoms with Crippen molar-refractivity contribution in [3.8, 4) is 5.75 Å². The molecule has 0 amide bonds. The van der Waals surface area contributed by atoms with Gasteiger partial charge in [-0.05, 0) is 30.5 Å². The van der Waals surface area contributed by atoms with Gasteiger partial charge in [-0.1, -0.05) is 11.3 Å². The van der Waals surface area contributed by atoms with Crippen LogP contribution in [0.4, 0.5) is 4.39 Å². The molecule has 102 valence electrons. The van der Waals surface area contributed by atoms with Gasteiger partial charge in [0, 0.05) is 12.8 Å². The number of benzene rings is 1. The second kappa shape index (κ2) is 6.29. The predicted molar refractivity (Wildman–Crippen MR) is 67.5 cm³/mol. The number of ether oxygens (including phenoxy) is 1. The van der Waals surface area contributed by atoms with E-state index in [4.69, 9.17) is 9.84 Å². The first-order valence-electron chi connectivity index (χ1n) is 6.05. The third-order valence-electron chi connectivity index (χ3n) is 2.74. The van der Waals surface area contributed by atoms with E-state index in [0.717, 1.165) is 11.3 Å². The van der Waals surface area contributed by atoms with Crippen LogP contribution >= 0.6 is 0 Å². The molecule has 0 aliphatic rings. The Morgan fingerprint density at radius 1 is 1.42 bits per heavy atom.